The number of aromatic nitrogens is 1. The van der Waals surface area contributed by atoms with Crippen LogP contribution in [0.15, 0.2) is 11.0 Å². The first-order valence-corrected chi connectivity index (χ1v) is 6.45. The molecule has 7 heteroatoms. The van der Waals surface area contributed by atoms with Crippen molar-refractivity contribution >= 4 is 11.6 Å². The Morgan fingerprint density at radius 1 is 1.50 bits per heavy atom. The van der Waals surface area contributed by atoms with Gasteiger partial charge in [-0.15, -0.1) is 0 Å². The van der Waals surface area contributed by atoms with Crippen LogP contribution in [0.2, 0.25) is 0 Å². The molecular formula is C13H19N3O4. The number of fused-ring (bicyclic) bond motifs is 1. The minimum Gasteiger partial charge on any atom is -0.502 e. The molecule has 0 radical (unpaired) electrons. The Kier molecular flexibility index (Phi) is 3.99. The molecule has 1 aliphatic heterocycles. The first-order chi connectivity index (χ1) is 9.51. The Morgan fingerprint density at radius 3 is 2.80 bits per heavy atom. The van der Waals surface area contributed by atoms with Gasteiger partial charge in [0.25, 0.3) is 5.91 Å². The van der Waals surface area contributed by atoms with Crippen LogP contribution in [-0.2, 0) is 4.74 Å². The van der Waals surface area contributed by atoms with Crippen LogP contribution in [0, 0.1) is 0 Å². The third-order valence-electron chi connectivity index (χ3n) is 3.49. The Balaban J connectivity index is 2.50. The molecule has 1 aromatic rings. The number of nitrogens with zero attached hydrogens (tertiary/aromatic N) is 2. The quantitative estimate of drug-likeness (QED) is 0.827. The Hall–Kier alpha value is -2.02. The first-order valence-electron chi connectivity index (χ1n) is 6.45. The number of methoxy groups -OCH3 is 1. The lowest BCUT2D eigenvalue weighted by atomic mass is 10.1. The molecule has 0 aliphatic carbocycles. The predicted molar refractivity (Wildman–Crippen MR) is 74.4 cm³/mol. The van der Waals surface area contributed by atoms with Gasteiger partial charge >= 0.3 is 0 Å². The molecule has 0 bridgehead atoms. The number of anilines is 1. The van der Waals surface area contributed by atoms with E-state index in [1.807, 2.05) is 6.92 Å². The van der Waals surface area contributed by atoms with Crippen LogP contribution >= 0.6 is 0 Å². The molecule has 0 saturated heterocycles. The Labute approximate surface area is 116 Å². The van der Waals surface area contributed by atoms with Crippen LogP contribution in [0.5, 0.6) is 5.75 Å². The van der Waals surface area contributed by atoms with Gasteiger partial charge in [-0.25, -0.2) is 0 Å². The molecule has 1 aromatic heterocycles. The molecule has 0 fully saturated rings. The summed E-state index contributed by atoms with van der Waals surface area (Å²) in [6.07, 6.45) is 1.58. The summed E-state index contributed by atoms with van der Waals surface area (Å²) in [5.74, 6) is -0.854. The van der Waals surface area contributed by atoms with Gasteiger partial charge in [-0.3, -0.25) is 9.59 Å². The number of nitrogens with one attached hydrogen (secondary N) is 1. The maximum Gasteiger partial charge on any atom is 0.274 e. The molecule has 0 saturated carbocycles. The van der Waals surface area contributed by atoms with E-state index in [9.17, 15) is 14.7 Å². The fraction of sp³-hybridized carbons (Fsp3) is 0.538. The van der Waals surface area contributed by atoms with Crippen molar-refractivity contribution in [1.82, 2.24) is 9.47 Å². The second-order valence-electron chi connectivity index (χ2n) is 4.82. The van der Waals surface area contributed by atoms with Crippen molar-refractivity contribution in [2.45, 2.75) is 13.0 Å². The average molecular weight is 281 g/mol. The zero-order chi connectivity index (χ0) is 14.9. The van der Waals surface area contributed by atoms with Crippen LogP contribution in [0.1, 0.15) is 23.5 Å². The van der Waals surface area contributed by atoms with E-state index in [-0.39, 0.29) is 23.3 Å². The summed E-state index contributed by atoms with van der Waals surface area (Å²) in [4.78, 5) is 25.9. The van der Waals surface area contributed by atoms with E-state index < -0.39 is 11.2 Å². The van der Waals surface area contributed by atoms with Crippen LogP contribution in [0.4, 0.5) is 5.69 Å². The molecule has 1 atom stereocenters. The van der Waals surface area contributed by atoms with Crippen LogP contribution in [0.25, 0.3) is 0 Å². The number of amides is 1. The standard InChI is InChI=1S/C13H19N3O4/c1-8-6-15(4-5-20-3)13(19)10-12(18)11(17)9(14-2)7-16(8)10/h7-8,14,18H,4-6H2,1-3H3/t8-/m0/s1. The van der Waals surface area contributed by atoms with Gasteiger partial charge in [-0.1, -0.05) is 0 Å². The lowest BCUT2D eigenvalue weighted by Gasteiger charge is -2.34. The van der Waals surface area contributed by atoms with Gasteiger partial charge in [0.1, 0.15) is 5.69 Å². The molecule has 0 aromatic carbocycles. The lowest BCUT2D eigenvalue weighted by molar-refractivity contribution is 0.0602. The summed E-state index contributed by atoms with van der Waals surface area (Å²) in [6, 6.07) is -0.0295. The minimum atomic E-state index is -0.562. The van der Waals surface area contributed by atoms with Crippen molar-refractivity contribution in [3.05, 3.63) is 22.1 Å². The number of carbonyl (C=O) groups excluding carboxylic acids is 1. The van der Waals surface area contributed by atoms with Gasteiger partial charge in [0.2, 0.25) is 5.43 Å². The zero-order valence-corrected chi connectivity index (χ0v) is 11.8. The number of pyridine rings is 1. The van der Waals surface area contributed by atoms with E-state index in [4.69, 9.17) is 4.74 Å². The average Bonchev–Trinajstić information content (AvgIpc) is 2.44. The highest BCUT2D eigenvalue weighted by Gasteiger charge is 2.32. The van der Waals surface area contributed by atoms with Crippen LogP contribution in [0.3, 0.4) is 0 Å². The number of carbonyl (C=O) groups is 1. The zero-order valence-electron chi connectivity index (χ0n) is 11.8. The number of rotatable bonds is 4. The Bertz CT molecular complexity index is 582. The van der Waals surface area contributed by atoms with Crippen LogP contribution in [-0.4, -0.2) is 54.3 Å². The fourth-order valence-corrected chi connectivity index (χ4v) is 2.39. The smallest absolute Gasteiger partial charge is 0.274 e. The van der Waals surface area contributed by atoms with Crippen molar-refractivity contribution < 1.29 is 14.6 Å². The normalized spacial score (nSPS) is 18.1. The number of ether oxygens (including phenoxy) is 1. The lowest BCUT2D eigenvalue weighted by Crippen LogP contribution is -2.45. The highest BCUT2D eigenvalue weighted by atomic mass is 16.5. The summed E-state index contributed by atoms with van der Waals surface area (Å²) in [6.45, 7) is 3.29. The second-order valence-corrected chi connectivity index (χ2v) is 4.82. The molecular weight excluding hydrogens is 262 g/mol. The molecule has 0 unspecified atom stereocenters. The highest BCUT2D eigenvalue weighted by molar-refractivity contribution is 5.96. The largest absolute Gasteiger partial charge is 0.502 e. The van der Waals surface area contributed by atoms with Crippen LogP contribution < -0.4 is 10.7 Å². The van der Waals surface area contributed by atoms with E-state index >= 15 is 0 Å². The molecule has 7 nitrogen and oxygen atoms in total. The Morgan fingerprint density at radius 2 is 2.20 bits per heavy atom. The summed E-state index contributed by atoms with van der Waals surface area (Å²) >= 11 is 0. The monoisotopic (exact) mass is 281 g/mol. The van der Waals surface area contributed by atoms with Crippen molar-refractivity contribution in [2.75, 3.05) is 39.2 Å². The molecule has 2 rings (SSSR count). The number of hydrogen-bond acceptors (Lipinski definition) is 5. The van der Waals surface area contributed by atoms with Crippen molar-refractivity contribution in [2.24, 2.45) is 0 Å². The molecule has 110 valence electrons. The van der Waals surface area contributed by atoms with Gasteiger partial charge in [0.05, 0.1) is 6.61 Å². The van der Waals surface area contributed by atoms with Gasteiger partial charge in [-0.2, -0.15) is 0 Å². The highest BCUT2D eigenvalue weighted by Crippen LogP contribution is 2.26. The summed E-state index contributed by atoms with van der Waals surface area (Å²) in [7, 11) is 3.16. The SMILES string of the molecule is CNc1cn2c(c(O)c1=O)C(=O)N(CCOC)C[C@@H]2C. The molecule has 20 heavy (non-hydrogen) atoms. The van der Waals surface area contributed by atoms with E-state index in [1.54, 1.807) is 29.8 Å². The topological polar surface area (TPSA) is 83.8 Å². The molecule has 2 N–H and O–H groups in total. The molecule has 2 heterocycles. The molecule has 1 amide bonds. The molecule has 1 aliphatic rings. The molecule has 0 spiro atoms. The fourth-order valence-electron chi connectivity index (χ4n) is 2.39. The summed E-state index contributed by atoms with van der Waals surface area (Å²) in [5.41, 5.74) is -0.243. The van der Waals surface area contributed by atoms with Crippen molar-refractivity contribution in [1.29, 1.82) is 0 Å². The van der Waals surface area contributed by atoms with E-state index in [0.29, 0.717) is 19.7 Å². The van der Waals surface area contributed by atoms with Crippen molar-refractivity contribution in [3.8, 4) is 5.75 Å². The van der Waals surface area contributed by atoms with E-state index in [1.165, 1.54) is 0 Å². The van der Waals surface area contributed by atoms with E-state index in [0.717, 1.165) is 0 Å². The van der Waals surface area contributed by atoms with Gasteiger partial charge in [0.15, 0.2) is 11.4 Å². The maximum atomic E-state index is 12.4. The number of aromatic hydroxyl groups is 1. The first kappa shape index (κ1) is 14.4. The van der Waals surface area contributed by atoms with Gasteiger partial charge in [-0.05, 0) is 6.92 Å². The minimum absolute atomic E-state index is 0.0295. The van der Waals surface area contributed by atoms with Gasteiger partial charge in [0, 0.05) is 39.5 Å². The third kappa shape index (κ3) is 2.24. The summed E-state index contributed by atoms with van der Waals surface area (Å²) in [5, 5.41) is 12.8. The van der Waals surface area contributed by atoms with Gasteiger partial charge < -0.3 is 24.6 Å². The number of hydrogen-bond donors (Lipinski definition) is 2. The maximum absolute atomic E-state index is 12.4. The predicted octanol–water partition coefficient (Wildman–Crippen LogP) is 0.259. The third-order valence-corrected chi connectivity index (χ3v) is 3.49. The summed E-state index contributed by atoms with van der Waals surface area (Å²) < 4.78 is 6.62. The van der Waals surface area contributed by atoms with Crippen molar-refractivity contribution in [3.63, 3.8) is 0 Å². The second kappa shape index (κ2) is 5.54. The van der Waals surface area contributed by atoms with E-state index in [2.05, 4.69) is 5.32 Å².